The molecule has 196 valence electrons. The summed E-state index contributed by atoms with van der Waals surface area (Å²) in [4.78, 5) is 44.7. The number of hydrogen-bond acceptors (Lipinski definition) is 6. The molecule has 1 heterocycles. The Labute approximate surface area is 244 Å². The van der Waals surface area contributed by atoms with Crippen molar-refractivity contribution in [3.05, 3.63) is 92.5 Å². The third kappa shape index (κ3) is 7.58. The number of rotatable bonds is 8. The predicted octanol–water partition coefficient (Wildman–Crippen LogP) is 6.32. The van der Waals surface area contributed by atoms with E-state index < -0.39 is 11.2 Å². The van der Waals surface area contributed by atoms with Crippen molar-refractivity contribution in [3.63, 3.8) is 0 Å². The molecular formula is C28H25ClIN3O4S. The van der Waals surface area contributed by atoms with Gasteiger partial charge in [0, 0.05) is 27.2 Å². The van der Waals surface area contributed by atoms with E-state index in [1.165, 1.54) is 11.8 Å². The van der Waals surface area contributed by atoms with Crippen LogP contribution in [-0.4, -0.2) is 46.3 Å². The number of amides is 2. The summed E-state index contributed by atoms with van der Waals surface area (Å²) in [5, 5.41) is 3.35. The van der Waals surface area contributed by atoms with Gasteiger partial charge in [-0.25, -0.2) is 9.79 Å². The van der Waals surface area contributed by atoms with Crippen LogP contribution in [0.3, 0.4) is 0 Å². The highest BCUT2D eigenvalue weighted by atomic mass is 127. The van der Waals surface area contributed by atoms with Crippen LogP contribution < -0.4 is 5.32 Å². The maximum absolute atomic E-state index is 13.3. The molecule has 4 rings (SSSR count). The quantitative estimate of drug-likeness (QED) is 0.226. The lowest BCUT2D eigenvalue weighted by molar-refractivity contribution is -0.129. The highest BCUT2D eigenvalue weighted by Gasteiger charge is 2.35. The van der Waals surface area contributed by atoms with Crippen LogP contribution in [0.4, 0.5) is 11.4 Å². The minimum atomic E-state index is -0.633. The zero-order chi connectivity index (χ0) is 27.1. The normalized spacial score (nSPS) is 16.4. The van der Waals surface area contributed by atoms with E-state index in [0.29, 0.717) is 40.1 Å². The highest BCUT2D eigenvalue weighted by molar-refractivity contribution is 14.1. The minimum Gasteiger partial charge on any atom is -0.462 e. The molecule has 0 saturated carbocycles. The van der Waals surface area contributed by atoms with E-state index in [1.54, 1.807) is 36.1 Å². The number of benzene rings is 3. The van der Waals surface area contributed by atoms with Crippen molar-refractivity contribution in [2.45, 2.75) is 25.0 Å². The molecule has 1 atom stereocenters. The number of nitrogens with one attached hydrogen (secondary N) is 1. The maximum atomic E-state index is 13.3. The highest BCUT2D eigenvalue weighted by Crippen LogP contribution is 2.30. The van der Waals surface area contributed by atoms with E-state index in [9.17, 15) is 14.4 Å². The summed E-state index contributed by atoms with van der Waals surface area (Å²) in [6.07, 6.45) is 0.659. The number of halogens is 2. The zero-order valence-corrected chi connectivity index (χ0v) is 24.3. The molecule has 1 fully saturated rings. The number of carbonyl (C=O) groups excluding carboxylic acids is 3. The molecule has 0 spiro atoms. The zero-order valence-electron chi connectivity index (χ0n) is 20.5. The molecule has 38 heavy (non-hydrogen) atoms. The number of esters is 1. The van der Waals surface area contributed by atoms with Gasteiger partial charge < -0.3 is 10.1 Å². The Morgan fingerprint density at radius 2 is 1.76 bits per heavy atom. The molecule has 10 heteroatoms. The van der Waals surface area contributed by atoms with E-state index in [2.05, 4.69) is 27.9 Å². The summed E-state index contributed by atoms with van der Waals surface area (Å²) in [6, 6.07) is 21.6. The fraction of sp³-hybridized carbons (Fsp3) is 0.214. The minimum absolute atomic E-state index is 0.0578. The van der Waals surface area contributed by atoms with Gasteiger partial charge in [0.2, 0.25) is 11.8 Å². The third-order valence-electron chi connectivity index (χ3n) is 5.68. The molecule has 1 saturated heterocycles. The van der Waals surface area contributed by atoms with Crippen LogP contribution in [0.25, 0.3) is 0 Å². The SMILES string of the molecule is CCOC(=O)c1ccc(N=C2SC(C(=O)Nc3ccc(I)cc3)CC(=O)N2CCc2ccc(Cl)cc2)cc1. The molecule has 0 aliphatic carbocycles. The topological polar surface area (TPSA) is 88.1 Å². The monoisotopic (exact) mass is 661 g/mol. The molecular weight excluding hydrogens is 637 g/mol. The molecule has 3 aromatic rings. The van der Waals surface area contributed by atoms with Crippen LogP contribution in [0.1, 0.15) is 29.3 Å². The number of amidine groups is 1. The van der Waals surface area contributed by atoms with E-state index in [-0.39, 0.29) is 24.8 Å². The number of ether oxygens (including phenoxy) is 1. The second-order valence-electron chi connectivity index (χ2n) is 8.39. The van der Waals surface area contributed by atoms with Crippen molar-refractivity contribution in [2.75, 3.05) is 18.5 Å². The van der Waals surface area contributed by atoms with Crippen LogP contribution in [0.5, 0.6) is 0 Å². The molecule has 1 unspecified atom stereocenters. The van der Waals surface area contributed by atoms with Gasteiger partial charge in [0.05, 0.1) is 17.9 Å². The van der Waals surface area contributed by atoms with E-state index in [1.807, 2.05) is 48.5 Å². The van der Waals surface area contributed by atoms with Gasteiger partial charge in [-0.1, -0.05) is 35.5 Å². The number of carbonyl (C=O) groups is 3. The average Bonchev–Trinajstić information content (AvgIpc) is 2.91. The second kappa shape index (κ2) is 13.3. The number of thioether (sulfide) groups is 1. The van der Waals surface area contributed by atoms with Crippen LogP contribution in [0.2, 0.25) is 5.02 Å². The van der Waals surface area contributed by atoms with Crippen molar-refractivity contribution in [1.29, 1.82) is 0 Å². The van der Waals surface area contributed by atoms with E-state index >= 15 is 0 Å². The Morgan fingerprint density at radius 1 is 1.08 bits per heavy atom. The largest absolute Gasteiger partial charge is 0.462 e. The number of hydrogen-bond donors (Lipinski definition) is 1. The molecule has 0 aromatic heterocycles. The van der Waals surface area contributed by atoms with Crippen molar-refractivity contribution in [1.82, 2.24) is 4.90 Å². The van der Waals surface area contributed by atoms with Gasteiger partial charge in [-0.05, 0) is 102 Å². The first-order valence-corrected chi connectivity index (χ1v) is 14.3. The Hall–Kier alpha value is -2.89. The van der Waals surface area contributed by atoms with E-state index in [4.69, 9.17) is 21.3 Å². The average molecular weight is 662 g/mol. The van der Waals surface area contributed by atoms with Crippen molar-refractivity contribution in [3.8, 4) is 0 Å². The van der Waals surface area contributed by atoms with Gasteiger partial charge in [-0.3, -0.25) is 14.5 Å². The molecule has 0 radical (unpaired) electrons. The molecule has 1 aliphatic rings. The Kier molecular flexibility index (Phi) is 9.81. The fourth-order valence-corrected chi connectivity index (χ4v) is 5.32. The van der Waals surface area contributed by atoms with Crippen molar-refractivity contribution < 1.29 is 19.1 Å². The number of nitrogens with zero attached hydrogens (tertiary/aromatic N) is 2. The molecule has 1 aliphatic heterocycles. The standard InChI is InChI=1S/C28H25ClIN3O4S/c1-2-37-27(36)19-5-11-23(12-6-19)32-28-33(16-15-18-3-7-20(29)8-4-18)25(34)17-24(38-28)26(35)31-22-13-9-21(30)10-14-22/h3-14,24H,2,15-17H2,1H3,(H,31,35). The Morgan fingerprint density at radius 3 is 2.42 bits per heavy atom. The van der Waals surface area contributed by atoms with E-state index in [0.717, 1.165) is 9.13 Å². The summed E-state index contributed by atoms with van der Waals surface area (Å²) in [5.74, 6) is -0.847. The van der Waals surface area contributed by atoms with Gasteiger partial charge in [0.25, 0.3) is 0 Å². The second-order valence-corrected chi connectivity index (χ2v) is 11.2. The number of anilines is 1. The maximum Gasteiger partial charge on any atom is 0.338 e. The van der Waals surface area contributed by atoms with Crippen LogP contribution >= 0.6 is 46.0 Å². The van der Waals surface area contributed by atoms with Crippen LogP contribution in [-0.2, 0) is 20.7 Å². The van der Waals surface area contributed by atoms with Crippen molar-refractivity contribution in [2.24, 2.45) is 4.99 Å². The van der Waals surface area contributed by atoms with Crippen LogP contribution in [0.15, 0.2) is 77.8 Å². The lowest BCUT2D eigenvalue weighted by atomic mass is 10.1. The molecule has 7 nitrogen and oxygen atoms in total. The Balaban J connectivity index is 1.55. The lowest BCUT2D eigenvalue weighted by Gasteiger charge is -2.32. The third-order valence-corrected chi connectivity index (χ3v) is 7.84. The van der Waals surface area contributed by atoms with Gasteiger partial charge in [-0.2, -0.15) is 0 Å². The first-order valence-electron chi connectivity index (χ1n) is 12.0. The summed E-state index contributed by atoms with van der Waals surface area (Å²) < 4.78 is 6.10. The molecule has 2 amide bonds. The van der Waals surface area contributed by atoms with Gasteiger partial charge in [-0.15, -0.1) is 0 Å². The van der Waals surface area contributed by atoms with Gasteiger partial charge in [0.15, 0.2) is 5.17 Å². The van der Waals surface area contributed by atoms with Crippen LogP contribution in [0, 0.1) is 3.57 Å². The molecule has 0 bridgehead atoms. The Bertz CT molecular complexity index is 1330. The smallest absolute Gasteiger partial charge is 0.338 e. The first-order chi connectivity index (χ1) is 18.3. The lowest BCUT2D eigenvalue weighted by Crippen LogP contribution is -2.46. The van der Waals surface area contributed by atoms with Gasteiger partial charge in [0.1, 0.15) is 5.25 Å². The summed E-state index contributed by atoms with van der Waals surface area (Å²) >= 11 is 9.46. The summed E-state index contributed by atoms with van der Waals surface area (Å²) in [5.41, 5.74) is 2.67. The summed E-state index contributed by atoms with van der Waals surface area (Å²) in [6.45, 7) is 2.44. The predicted molar refractivity (Wildman–Crippen MR) is 160 cm³/mol. The molecule has 3 aromatic carbocycles. The number of aliphatic imine (C=N–C) groups is 1. The fourth-order valence-electron chi connectivity index (χ4n) is 3.71. The van der Waals surface area contributed by atoms with Gasteiger partial charge >= 0.3 is 5.97 Å². The summed E-state index contributed by atoms with van der Waals surface area (Å²) in [7, 11) is 0. The van der Waals surface area contributed by atoms with Crippen molar-refractivity contribution >= 4 is 80.3 Å². The first kappa shape index (κ1) is 28.1. The molecule has 1 N–H and O–H groups in total.